The number of anilines is 1. The molecule has 0 atom stereocenters. The Morgan fingerprint density at radius 3 is 2.84 bits per heavy atom. The Morgan fingerprint density at radius 1 is 1.47 bits per heavy atom. The molecule has 1 fully saturated rings. The van der Waals surface area contributed by atoms with Crippen LogP contribution in [0, 0.1) is 5.41 Å². The van der Waals surface area contributed by atoms with Crippen LogP contribution in [0.3, 0.4) is 0 Å². The third-order valence-corrected chi connectivity index (χ3v) is 3.68. The second-order valence-electron chi connectivity index (χ2n) is 5.81. The molecule has 1 aromatic rings. The fraction of sp³-hybridized carbons (Fsp3) is 0.571. The summed E-state index contributed by atoms with van der Waals surface area (Å²) in [4.78, 5) is 18.5. The van der Waals surface area contributed by atoms with Crippen molar-refractivity contribution in [1.82, 2.24) is 9.88 Å². The van der Waals surface area contributed by atoms with Crippen LogP contribution < -0.4 is 5.32 Å². The van der Waals surface area contributed by atoms with E-state index < -0.39 is 0 Å². The third-order valence-electron chi connectivity index (χ3n) is 3.48. The number of rotatable bonds is 2. The Kier molecular flexibility index (Phi) is 3.99. The second-order valence-corrected chi connectivity index (χ2v) is 6.20. The van der Waals surface area contributed by atoms with E-state index in [1.165, 1.54) is 0 Å². The normalized spacial score (nSPS) is 18.2. The minimum atomic E-state index is 0.0357. The Hall–Kier alpha value is -1.29. The van der Waals surface area contributed by atoms with E-state index in [1.54, 1.807) is 19.2 Å². The molecule has 1 N–H and O–H groups in total. The summed E-state index contributed by atoms with van der Waals surface area (Å²) < 4.78 is 0. The summed E-state index contributed by atoms with van der Waals surface area (Å²) in [6, 6.07) is 3.38. The van der Waals surface area contributed by atoms with E-state index >= 15 is 0 Å². The standard InChI is InChI=1S/C14H20ClN3O/c1-14(2)5-4-6-18(9-14)13(19)10-7-11(15)17-12(8-10)16-3/h7-8H,4-6,9H2,1-3H3,(H,16,17). The van der Waals surface area contributed by atoms with Crippen LogP contribution in [0.4, 0.5) is 5.82 Å². The van der Waals surface area contributed by atoms with Crippen molar-refractivity contribution in [2.45, 2.75) is 26.7 Å². The van der Waals surface area contributed by atoms with Crippen LogP contribution in [-0.4, -0.2) is 35.9 Å². The van der Waals surface area contributed by atoms with Gasteiger partial charge in [0.15, 0.2) is 0 Å². The van der Waals surface area contributed by atoms with E-state index in [-0.39, 0.29) is 11.3 Å². The summed E-state index contributed by atoms with van der Waals surface area (Å²) in [7, 11) is 1.76. The molecular formula is C14H20ClN3O. The Morgan fingerprint density at radius 2 is 2.21 bits per heavy atom. The molecule has 0 aromatic carbocycles. The molecule has 1 amide bonds. The molecule has 5 heteroatoms. The quantitative estimate of drug-likeness (QED) is 0.848. The van der Waals surface area contributed by atoms with Gasteiger partial charge in [-0.3, -0.25) is 4.79 Å². The first-order valence-electron chi connectivity index (χ1n) is 6.56. The van der Waals surface area contributed by atoms with Crippen LogP contribution in [0.25, 0.3) is 0 Å². The molecule has 1 aliphatic heterocycles. The van der Waals surface area contributed by atoms with Crippen LogP contribution >= 0.6 is 11.6 Å². The zero-order valence-electron chi connectivity index (χ0n) is 11.7. The lowest BCUT2D eigenvalue weighted by Crippen LogP contribution is -2.43. The molecule has 0 bridgehead atoms. The topological polar surface area (TPSA) is 45.2 Å². The molecule has 104 valence electrons. The number of nitrogens with one attached hydrogen (secondary N) is 1. The number of amides is 1. The minimum absolute atomic E-state index is 0.0357. The van der Waals surface area contributed by atoms with Gasteiger partial charge in [0, 0.05) is 25.7 Å². The van der Waals surface area contributed by atoms with Crippen LogP contribution in [0.2, 0.25) is 5.15 Å². The van der Waals surface area contributed by atoms with Crippen molar-refractivity contribution in [3.05, 3.63) is 22.8 Å². The second kappa shape index (κ2) is 5.37. The first-order chi connectivity index (χ1) is 8.91. The van der Waals surface area contributed by atoms with E-state index in [1.807, 2.05) is 4.90 Å². The van der Waals surface area contributed by atoms with Gasteiger partial charge >= 0.3 is 0 Å². The fourth-order valence-corrected chi connectivity index (χ4v) is 2.74. The Bertz CT molecular complexity index is 488. The van der Waals surface area contributed by atoms with Crippen molar-refractivity contribution in [2.24, 2.45) is 5.41 Å². The SMILES string of the molecule is CNc1cc(C(=O)N2CCCC(C)(C)C2)cc(Cl)n1. The number of halogens is 1. The fourth-order valence-electron chi connectivity index (χ4n) is 2.53. The lowest BCUT2D eigenvalue weighted by molar-refractivity contribution is 0.0583. The maximum Gasteiger partial charge on any atom is 0.254 e. The summed E-state index contributed by atoms with van der Waals surface area (Å²) in [6.07, 6.45) is 2.21. The molecule has 4 nitrogen and oxygen atoms in total. The zero-order chi connectivity index (χ0) is 14.0. The smallest absolute Gasteiger partial charge is 0.254 e. The molecule has 1 aromatic heterocycles. The number of carbonyl (C=O) groups excluding carboxylic acids is 1. The predicted molar refractivity (Wildman–Crippen MR) is 77.7 cm³/mol. The van der Waals surface area contributed by atoms with Gasteiger partial charge in [0.2, 0.25) is 0 Å². The van der Waals surface area contributed by atoms with E-state index in [9.17, 15) is 4.79 Å². The van der Waals surface area contributed by atoms with Gasteiger partial charge in [-0.25, -0.2) is 4.98 Å². The van der Waals surface area contributed by atoms with E-state index in [4.69, 9.17) is 11.6 Å². The molecule has 0 spiro atoms. The monoisotopic (exact) mass is 281 g/mol. The first-order valence-corrected chi connectivity index (χ1v) is 6.94. The number of hydrogen-bond donors (Lipinski definition) is 1. The van der Waals surface area contributed by atoms with E-state index in [0.717, 1.165) is 25.9 Å². The van der Waals surface area contributed by atoms with E-state index in [2.05, 4.69) is 24.1 Å². The summed E-state index contributed by atoms with van der Waals surface area (Å²) in [5.74, 6) is 0.653. The molecule has 0 radical (unpaired) electrons. The number of nitrogens with zero attached hydrogens (tertiary/aromatic N) is 2. The maximum atomic E-state index is 12.5. The molecule has 0 saturated carbocycles. The Balaban J connectivity index is 2.21. The van der Waals surface area contributed by atoms with Crippen molar-refractivity contribution in [2.75, 3.05) is 25.5 Å². The third kappa shape index (κ3) is 3.38. The highest BCUT2D eigenvalue weighted by Gasteiger charge is 2.29. The Labute approximate surface area is 119 Å². The zero-order valence-corrected chi connectivity index (χ0v) is 12.4. The minimum Gasteiger partial charge on any atom is -0.373 e. The van der Waals surface area contributed by atoms with Gasteiger partial charge in [0.1, 0.15) is 11.0 Å². The first kappa shape index (κ1) is 14.1. The average molecular weight is 282 g/mol. The molecular weight excluding hydrogens is 262 g/mol. The van der Waals surface area contributed by atoms with Gasteiger partial charge in [-0.1, -0.05) is 25.4 Å². The summed E-state index contributed by atoms with van der Waals surface area (Å²) >= 11 is 5.95. The van der Waals surface area contributed by atoms with Crippen molar-refractivity contribution >= 4 is 23.3 Å². The van der Waals surface area contributed by atoms with Crippen LogP contribution in [-0.2, 0) is 0 Å². The molecule has 2 rings (SSSR count). The summed E-state index contributed by atoms with van der Waals surface area (Å²) in [5.41, 5.74) is 0.790. The van der Waals surface area contributed by atoms with Gasteiger partial charge in [0.05, 0.1) is 0 Å². The number of hydrogen-bond acceptors (Lipinski definition) is 3. The largest absolute Gasteiger partial charge is 0.373 e. The van der Waals surface area contributed by atoms with Gasteiger partial charge in [-0.2, -0.15) is 0 Å². The highest BCUT2D eigenvalue weighted by Crippen LogP contribution is 2.29. The molecule has 0 unspecified atom stereocenters. The average Bonchev–Trinajstić information content (AvgIpc) is 2.35. The van der Waals surface area contributed by atoms with Crippen molar-refractivity contribution in [1.29, 1.82) is 0 Å². The number of likely N-dealkylation sites (tertiary alicyclic amines) is 1. The molecule has 1 saturated heterocycles. The number of aromatic nitrogens is 1. The summed E-state index contributed by atoms with van der Waals surface area (Å²) in [5, 5.41) is 3.26. The molecule has 2 heterocycles. The highest BCUT2D eigenvalue weighted by molar-refractivity contribution is 6.29. The molecule has 19 heavy (non-hydrogen) atoms. The maximum absolute atomic E-state index is 12.5. The number of carbonyl (C=O) groups is 1. The highest BCUT2D eigenvalue weighted by atomic mass is 35.5. The summed E-state index contributed by atoms with van der Waals surface area (Å²) in [6.45, 7) is 6.01. The van der Waals surface area contributed by atoms with E-state index in [0.29, 0.717) is 16.5 Å². The van der Waals surface area contributed by atoms with Crippen molar-refractivity contribution in [3.8, 4) is 0 Å². The number of piperidine rings is 1. The lowest BCUT2D eigenvalue weighted by Gasteiger charge is -2.38. The van der Waals surface area contributed by atoms with Gasteiger partial charge in [-0.05, 0) is 30.4 Å². The lowest BCUT2D eigenvalue weighted by atomic mass is 9.84. The molecule has 0 aliphatic carbocycles. The molecule has 1 aliphatic rings. The van der Waals surface area contributed by atoms with Crippen molar-refractivity contribution < 1.29 is 4.79 Å². The number of pyridine rings is 1. The van der Waals surface area contributed by atoms with Crippen LogP contribution in [0.1, 0.15) is 37.0 Å². The predicted octanol–water partition coefficient (Wildman–Crippen LogP) is 3.04. The van der Waals surface area contributed by atoms with Crippen molar-refractivity contribution in [3.63, 3.8) is 0 Å². The van der Waals surface area contributed by atoms with Crippen LogP contribution in [0.5, 0.6) is 0 Å². The van der Waals surface area contributed by atoms with Gasteiger partial charge in [0.25, 0.3) is 5.91 Å². The van der Waals surface area contributed by atoms with Gasteiger partial charge in [-0.15, -0.1) is 0 Å². The van der Waals surface area contributed by atoms with Gasteiger partial charge < -0.3 is 10.2 Å². The van der Waals surface area contributed by atoms with Crippen LogP contribution in [0.15, 0.2) is 12.1 Å².